The Hall–Kier alpha value is -4.62. The fraction of sp³-hybridized carbons (Fsp3) is 0.690. The van der Waals surface area contributed by atoms with E-state index in [9.17, 15) is 34.5 Å². The van der Waals surface area contributed by atoms with Gasteiger partial charge in [-0.1, -0.05) is 233 Å². The molecule has 0 aromatic carbocycles. The predicted molar refractivity (Wildman–Crippen MR) is 340 cm³/mol. The zero-order valence-electron chi connectivity index (χ0n) is 52.2. The minimum absolute atomic E-state index is 0.0154. The van der Waals surface area contributed by atoms with Crippen LogP contribution in [0.3, 0.4) is 0 Å². The van der Waals surface area contributed by atoms with E-state index >= 15 is 0 Å². The number of hydrogen-bond donors (Lipinski definition) is 3. The monoisotopic (exact) mass is 1160 g/mol. The van der Waals surface area contributed by atoms with Gasteiger partial charge < -0.3 is 39.0 Å². The summed E-state index contributed by atoms with van der Waals surface area (Å²) < 4.78 is 28.5. The summed E-state index contributed by atoms with van der Waals surface area (Å²) >= 11 is 0. The van der Waals surface area contributed by atoms with Gasteiger partial charge in [0.15, 0.2) is 24.6 Å². The fourth-order valence-electron chi connectivity index (χ4n) is 9.34. The van der Waals surface area contributed by atoms with Gasteiger partial charge >= 0.3 is 23.9 Å². The van der Waals surface area contributed by atoms with Crippen molar-refractivity contribution in [3.05, 3.63) is 109 Å². The number of carboxylic acid groups (broad SMARTS) is 1. The molecule has 3 N–H and O–H groups in total. The largest absolute Gasteiger partial charge is 0.479 e. The Bertz CT molecular complexity index is 1860. The zero-order valence-corrected chi connectivity index (χ0v) is 52.2. The third-order valence-electron chi connectivity index (χ3n) is 14.3. The van der Waals surface area contributed by atoms with E-state index in [1.165, 1.54) is 64.2 Å². The Labute approximate surface area is 504 Å². The number of carbonyl (C=O) groups is 4. The van der Waals surface area contributed by atoms with Gasteiger partial charge in [-0.2, -0.15) is 0 Å². The van der Waals surface area contributed by atoms with Crippen LogP contribution in [0.4, 0.5) is 0 Å². The first-order valence-electron chi connectivity index (χ1n) is 32.9. The third-order valence-corrected chi connectivity index (χ3v) is 14.3. The molecule has 1 rings (SSSR count). The van der Waals surface area contributed by atoms with E-state index in [0.717, 1.165) is 141 Å². The summed E-state index contributed by atoms with van der Waals surface area (Å²) in [5, 5.41) is 31.6. The molecule has 6 unspecified atom stereocenters. The van der Waals surface area contributed by atoms with Gasteiger partial charge in [-0.05, 0) is 122 Å². The molecule has 0 saturated carbocycles. The molecule has 83 heavy (non-hydrogen) atoms. The average Bonchev–Trinajstić information content (AvgIpc) is 3.55. The second kappa shape index (κ2) is 57.8. The Kier molecular flexibility index (Phi) is 53.2. The van der Waals surface area contributed by atoms with Crippen LogP contribution >= 0.6 is 0 Å². The van der Waals surface area contributed by atoms with Crippen LogP contribution in [0.1, 0.15) is 265 Å². The van der Waals surface area contributed by atoms with Crippen LogP contribution in [-0.4, -0.2) is 89.2 Å². The molecule has 1 heterocycles. The van der Waals surface area contributed by atoms with Gasteiger partial charge in [0.1, 0.15) is 18.8 Å². The zero-order chi connectivity index (χ0) is 60.3. The number of allylic oxidation sites excluding steroid dienone is 18. The number of carbonyl (C=O) groups excluding carboxylic acids is 3. The average molecular weight is 1160 g/mol. The molecule has 1 fully saturated rings. The molecular weight excluding hydrogens is 1040 g/mol. The van der Waals surface area contributed by atoms with E-state index in [2.05, 4.69) is 130 Å². The SMILES string of the molecule is CC/C=C\C/C=C\C/C=C\C/C=C\C/C=C\CCCCCC(=O)OC1C(OCC(COC(=O)CCCCCCCCC/C=C\C/C=C\C/C=C\CC)OC(=O)CCCCCCCCC/C=C\CCCCCCCC)OC(C(=O)O)C(O)C1O. The molecule has 12 nitrogen and oxygen atoms in total. The maximum Gasteiger partial charge on any atom is 0.335 e. The molecule has 1 saturated heterocycles. The second-order valence-electron chi connectivity index (χ2n) is 22.0. The molecule has 6 atom stereocenters. The number of unbranched alkanes of at least 4 members (excludes halogenated alkanes) is 23. The normalized spacial score (nSPS) is 18.3. The number of aliphatic hydroxyl groups excluding tert-OH is 2. The second-order valence-corrected chi connectivity index (χ2v) is 22.0. The van der Waals surface area contributed by atoms with E-state index in [0.29, 0.717) is 19.3 Å². The lowest BCUT2D eigenvalue weighted by atomic mass is 9.98. The standard InChI is InChI=1S/C71H116O12/c1-4-7-10-13-16-19-22-25-28-31-32-35-38-41-44-47-50-53-56-59-65(74)82-69-67(76)66(75)68(70(77)78)83-71(69)80-61-62(81-64(73)58-55-52-49-46-43-40-37-34-30-27-24-21-18-15-12-9-6-3)60-79-63(72)57-54-51-48-45-42-39-36-33-29-26-23-20-17-14-11-8-5-2/h7-8,10-11,16-17,19-20,25-30,32,35,41,44,62,66-69,71,75-76H,4-6,9,12-15,18,21-24,31,33-34,36-40,42-43,45-61H2,1-3H3,(H,77,78)/b10-7-,11-8-,19-16-,20-17-,28-25-,29-26-,30-27-,35-32-,44-41-. The molecule has 1 aliphatic heterocycles. The molecule has 0 radical (unpaired) electrons. The van der Waals surface area contributed by atoms with Crippen molar-refractivity contribution < 1.29 is 58.2 Å². The number of carboxylic acids is 1. The van der Waals surface area contributed by atoms with Gasteiger partial charge in [-0.3, -0.25) is 14.4 Å². The van der Waals surface area contributed by atoms with Crippen LogP contribution < -0.4 is 0 Å². The maximum atomic E-state index is 13.2. The van der Waals surface area contributed by atoms with E-state index in [1.54, 1.807) is 0 Å². The first-order valence-corrected chi connectivity index (χ1v) is 32.9. The summed E-state index contributed by atoms with van der Waals surface area (Å²) in [6.07, 6.45) is 66.1. The minimum Gasteiger partial charge on any atom is -0.479 e. The number of hydrogen-bond acceptors (Lipinski definition) is 11. The molecule has 0 aromatic heterocycles. The summed E-state index contributed by atoms with van der Waals surface area (Å²) in [5.74, 6) is -3.18. The van der Waals surface area contributed by atoms with Gasteiger partial charge in [0.2, 0.25) is 0 Å². The topological polar surface area (TPSA) is 175 Å². The highest BCUT2D eigenvalue weighted by molar-refractivity contribution is 5.74. The van der Waals surface area contributed by atoms with Crippen LogP contribution in [0.2, 0.25) is 0 Å². The van der Waals surface area contributed by atoms with Crippen LogP contribution in [-0.2, 0) is 42.9 Å². The van der Waals surface area contributed by atoms with Gasteiger partial charge in [-0.25, -0.2) is 4.79 Å². The molecular formula is C71H116O12. The Morgan fingerprint density at radius 3 is 1.18 bits per heavy atom. The highest BCUT2D eigenvalue weighted by Crippen LogP contribution is 2.26. The van der Waals surface area contributed by atoms with Gasteiger partial charge in [0, 0.05) is 19.3 Å². The minimum atomic E-state index is -1.92. The smallest absolute Gasteiger partial charge is 0.335 e. The van der Waals surface area contributed by atoms with Crippen molar-refractivity contribution >= 4 is 23.9 Å². The van der Waals surface area contributed by atoms with Crippen LogP contribution in [0.5, 0.6) is 0 Å². The Balaban J connectivity index is 2.69. The molecule has 0 amide bonds. The van der Waals surface area contributed by atoms with E-state index in [-0.39, 0.29) is 25.9 Å². The van der Waals surface area contributed by atoms with Gasteiger partial charge in [0.25, 0.3) is 0 Å². The maximum absolute atomic E-state index is 13.2. The van der Waals surface area contributed by atoms with Crippen molar-refractivity contribution in [2.45, 2.75) is 302 Å². The molecule has 12 heteroatoms. The lowest BCUT2D eigenvalue weighted by Gasteiger charge is -2.40. The first kappa shape index (κ1) is 76.4. The van der Waals surface area contributed by atoms with E-state index < -0.39 is 67.3 Å². The Morgan fingerprint density at radius 1 is 0.410 bits per heavy atom. The van der Waals surface area contributed by atoms with Crippen molar-refractivity contribution in [1.82, 2.24) is 0 Å². The van der Waals surface area contributed by atoms with Crippen molar-refractivity contribution in [1.29, 1.82) is 0 Å². The predicted octanol–water partition coefficient (Wildman–Crippen LogP) is 17.8. The van der Waals surface area contributed by atoms with E-state index in [4.69, 9.17) is 23.7 Å². The molecule has 1 aliphatic rings. The van der Waals surface area contributed by atoms with Crippen LogP contribution in [0, 0.1) is 0 Å². The number of ether oxygens (including phenoxy) is 5. The van der Waals surface area contributed by atoms with Crippen molar-refractivity contribution in [3.8, 4) is 0 Å². The van der Waals surface area contributed by atoms with Gasteiger partial charge in [-0.15, -0.1) is 0 Å². The lowest BCUT2D eigenvalue weighted by molar-refractivity contribution is -0.301. The van der Waals surface area contributed by atoms with Crippen LogP contribution in [0.15, 0.2) is 109 Å². The van der Waals surface area contributed by atoms with Gasteiger partial charge in [0.05, 0.1) is 6.61 Å². The van der Waals surface area contributed by atoms with Crippen molar-refractivity contribution in [2.24, 2.45) is 0 Å². The first-order chi connectivity index (χ1) is 40.6. The highest BCUT2D eigenvalue weighted by atomic mass is 16.7. The summed E-state index contributed by atoms with van der Waals surface area (Å²) in [7, 11) is 0. The third kappa shape index (κ3) is 47.3. The number of esters is 3. The summed E-state index contributed by atoms with van der Waals surface area (Å²) in [6.45, 7) is 5.76. The summed E-state index contributed by atoms with van der Waals surface area (Å²) in [4.78, 5) is 51.4. The number of rotatable bonds is 55. The molecule has 0 aromatic rings. The molecule has 472 valence electrons. The lowest BCUT2D eigenvalue weighted by Crippen LogP contribution is -2.61. The van der Waals surface area contributed by atoms with Crippen LogP contribution in [0.25, 0.3) is 0 Å². The van der Waals surface area contributed by atoms with Crippen molar-refractivity contribution in [2.75, 3.05) is 13.2 Å². The molecule has 0 bridgehead atoms. The fourth-order valence-corrected chi connectivity index (χ4v) is 9.34. The quantitative estimate of drug-likeness (QED) is 0.0228. The van der Waals surface area contributed by atoms with E-state index in [1.807, 2.05) is 0 Å². The number of aliphatic hydroxyl groups is 2. The Morgan fingerprint density at radius 2 is 0.759 bits per heavy atom. The van der Waals surface area contributed by atoms with Crippen molar-refractivity contribution in [3.63, 3.8) is 0 Å². The highest BCUT2D eigenvalue weighted by Gasteiger charge is 2.50. The summed E-state index contributed by atoms with van der Waals surface area (Å²) in [5.41, 5.74) is 0. The molecule has 0 spiro atoms. The summed E-state index contributed by atoms with van der Waals surface area (Å²) in [6, 6.07) is 0. The number of aliphatic carboxylic acids is 1. The molecule has 0 aliphatic carbocycles.